The number of fused-ring (bicyclic) bond motifs is 3. The van der Waals surface area contributed by atoms with Crippen molar-refractivity contribution >= 4 is 42.9 Å². The highest BCUT2D eigenvalue weighted by molar-refractivity contribution is 7.26. The lowest BCUT2D eigenvalue weighted by Crippen LogP contribution is -2.13. The Morgan fingerprint density at radius 2 is 1.48 bits per heavy atom. The second kappa shape index (κ2) is 6.40. The Hall–Kier alpha value is -2.83. The molecule has 0 aliphatic heterocycles. The maximum absolute atomic E-state index is 9.46. The highest BCUT2D eigenvalue weighted by Gasteiger charge is 2.16. The van der Waals surface area contributed by atoms with Crippen LogP contribution in [0, 0.1) is 11.3 Å². The molecule has 0 saturated carbocycles. The van der Waals surface area contributed by atoms with Crippen LogP contribution in [-0.2, 0) is 5.41 Å². The molecule has 4 rings (SSSR count). The topological polar surface area (TPSA) is 27.0 Å². The van der Waals surface area contributed by atoms with Gasteiger partial charge >= 0.3 is 0 Å². The monoisotopic (exact) mass is 370 g/mol. The third-order valence-corrected chi connectivity index (χ3v) is 6.38. The third-order valence-electron chi connectivity index (χ3n) is 5.11. The quantitative estimate of drug-likeness (QED) is 0.380. The van der Waals surface area contributed by atoms with E-state index in [9.17, 15) is 5.26 Å². The first-order chi connectivity index (χ1) is 12.9. The van der Waals surface area contributed by atoms with Crippen LogP contribution in [0.25, 0.3) is 20.2 Å². The maximum atomic E-state index is 9.46. The van der Waals surface area contributed by atoms with E-state index in [2.05, 4.69) is 87.3 Å². The van der Waals surface area contributed by atoms with Crippen molar-refractivity contribution < 1.29 is 0 Å². The van der Waals surface area contributed by atoms with E-state index in [1.807, 2.05) is 12.1 Å². The van der Waals surface area contributed by atoms with E-state index in [0.717, 1.165) is 21.3 Å². The van der Waals surface area contributed by atoms with Gasteiger partial charge < -0.3 is 4.90 Å². The van der Waals surface area contributed by atoms with Gasteiger partial charge in [-0.2, -0.15) is 5.26 Å². The van der Waals surface area contributed by atoms with E-state index < -0.39 is 0 Å². The largest absolute Gasteiger partial charge is 0.343 e. The Labute approximate surface area is 164 Å². The van der Waals surface area contributed by atoms with Gasteiger partial charge in [0.2, 0.25) is 0 Å². The summed E-state index contributed by atoms with van der Waals surface area (Å²) < 4.78 is 2.29. The predicted molar refractivity (Wildman–Crippen MR) is 117 cm³/mol. The summed E-state index contributed by atoms with van der Waals surface area (Å²) in [6, 6.07) is 23.5. The van der Waals surface area contributed by atoms with Gasteiger partial charge in [-0.1, -0.05) is 57.2 Å². The van der Waals surface area contributed by atoms with Gasteiger partial charge in [-0.3, -0.25) is 0 Å². The summed E-state index contributed by atoms with van der Waals surface area (Å²) in [6.07, 6.45) is 0. The number of hydrogen-bond acceptors (Lipinski definition) is 3. The fourth-order valence-electron chi connectivity index (χ4n) is 3.48. The molecule has 0 spiro atoms. The second-order valence-corrected chi connectivity index (χ2v) is 8.93. The Balaban J connectivity index is 1.85. The lowest BCUT2D eigenvalue weighted by atomic mass is 9.87. The molecule has 0 radical (unpaired) electrons. The Morgan fingerprint density at radius 1 is 0.852 bits per heavy atom. The summed E-state index contributed by atoms with van der Waals surface area (Å²) in [5.41, 5.74) is 4.56. The molecule has 1 heterocycles. The molecule has 0 N–H and O–H groups in total. The van der Waals surface area contributed by atoms with Crippen LogP contribution in [0.1, 0.15) is 31.9 Å². The molecule has 0 aliphatic carbocycles. The Bertz CT molecular complexity index is 1170. The van der Waals surface area contributed by atoms with Crippen LogP contribution in [0.4, 0.5) is 11.4 Å². The molecule has 0 bridgehead atoms. The van der Waals surface area contributed by atoms with E-state index in [1.54, 1.807) is 11.3 Å². The summed E-state index contributed by atoms with van der Waals surface area (Å²) in [6.45, 7) is 6.70. The normalized spacial score (nSPS) is 11.7. The number of thiophene rings is 1. The van der Waals surface area contributed by atoms with E-state index in [0.29, 0.717) is 0 Å². The standard InChI is InChI=1S/C24H22N2S/c1-24(2,3)17-11-13-18(14-12-17)26(4)21-10-6-9-20-19-8-5-7-16(15-25)22(19)27-23(20)21/h5-14H,1-4H3. The molecule has 3 heteroatoms. The summed E-state index contributed by atoms with van der Waals surface area (Å²) in [7, 11) is 2.11. The average molecular weight is 371 g/mol. The van der Waals surface area contributed by atoms with E-state index in [-0.39, 0.29) is 5.41 Å². The van der Waals surface area contributed by atoms with Gasteiger partial charge in [0.15, 0.2) is 0 Å². The fourth-order valence-corrected chi connectivity index (χ4v) is 4.79. The van der Waals surface area contributed by atoms with Gasteiger partial charge in [-0.25, -0.2) is 0 Å². The molecular weight excluding hydrogens is 348 g/mol. The Kier molecular flexibility index (Phi) is 4.17. The fraction of sp³-hybridized carbons (Fsp3) is 0.208. The van der Waals surface area contributed by atoms with Crippen molar-refractivity contribution in [1.29, 1.82) is 5.26 Å². The van der Waals surface area contributed by atoms with Crippen LogP contribution in [0.2, 0.25) is 0 Å². The number of benzene rings is 3. The van der Waals surface area contributed by atoms with E-state index >= 15 is 0 Å². The summed E-state index contributed by atoms with van der Waals surface area (Å²) in [5, 5.41) is 11.8. The van der Waals surface area contributed by atoms with Crippen LogP contribution >= 0.6 is 11.3 Å². The minimum Gasteiger partial charge on any atom is -0.343 e. The second-order valence-electron chi connectivity index (χ2n) is 7.91. The van der Waals surface area contributed by atoms with Crippen LogP contribution < -0.4 is 4.90 Å². The molecule has 0 amide bonds. The Morgan fingerprint density at radius 3 is 2.11 bits per heavy atom. The summed E-state index contributed by atoms with van der Waals surface area (Å²) in [4.78, 5) is 2.23. The third kappa shape index (κ3) is 2.97. The van der Waals surface area contributed by atoms with Gasteiger partial charge in [0.05, 0.1) is 20.7 Å². The molecule has 134 valence electrons. The molecule has 0 fully saturated rings. The molecular formula is C24H22N2S. The number of rotatable bonds is 2. The summed E-state index contributed by atoms with van der Waals surface area (Å²) >= 11 is 1.71. The predicted octanol–water partition coefficient (Wildman–Crippen LogP) is 6.99. The van der Waals surface area contributed by atoms with Gasteiger partial charge in [0.1, 0.15) is 6.07 Å². The van der Waals surface area contributed by atoms with E-state index in [1.165, 1.54) is 21.3 Å². The molecule has 0 aliphatic rings. The van der Waals surface area contributed by atoms with Crippen molar-refractivity contribution in [2.75, 3.05) is 11.9 Å². The van der Waals surface area contributed by atoms with Crippen molar-refractivity contribution in [3.05, 3.63) is 71.8 Å². The first-order valence-electron chi connectivity index (χ1n) is 9.09. The minimum absolute atomic E-state index is 0.149. The number of hydrogen-bond donors (Lipinski definition) is 0. The SMILES string of the molecule is CN(c1ccc(C(C)(C)C)cc1)c1cccc2c1sc1c(C#N)cccc12. The maximum Gasteiger partial charge on any atom is 0.101 e. The van der Waals surface area contributed by atoms with Crippen LogP contribution in [-0.4, -0.2) is 7.05 Å². The van der Waals surface area contributed by atoms with Gasteiger partial charge in [-0.15, -0.1) is 11.3 Å². The average Bonchev–Trinajstić information content (AvgIpc) is 3.05. The lowest BCUT2D eigenvalue weighted by molar-refractivity contribution is 0.590. The van der Waals surface area contributed by atoms with Gasteiger partial charge in [0.25, 0.3) is 0 Å². The van der Waals surface area contributed by atoms with Crippen LogP contribution in [0.5, 0.6) is 0 Å². The number of nitrogens with zero attached hydrogens (tertiary/aromatic N) is 2. The van der Waals surface area contributed by atoms with Crippen molar-refractivity contribution in [2.45, 2.75) is 26.2 Å². The van der Waals surface area contributed by atoms with E-state index in [4.69, 9.17) is 0 Å². The molecule has 4 aromatic rings. The number of anilines is 2. The molecule has 0 saturated heterocycles. The highest BCUT2D eigenvalue weighted by atomic mass is 32.1. The van der Waals surface area contributed by atoms with Gasteiger partial charge in [-0.05, 0) is 35.2 Å². The highest BCUT2D eigenvalue weighted by Crippen LogP contribution is 2.42. The zero-order valence-electron chi connectivity index (χ0n) is 16.1. The molecule has 3 aromatic carbocycles. The van der Waals surface area contributed by atoms with Crippen molar-refractivity contribution in [3.8, 4) is 6.07 Å². The van der Waals surface area contributed by atoms with Crippen molar-refractivity contribution in [2.24, 2.45) is 0 Å². The van der Waals surface area contributed by atoms with Crippen LogP contribution in [0.15, 0.2) is 60.7 Å². The molecule has 2 nitrogen and oxygen atoms in total. The molecule has 0 unspecified atom stereocenters. The number of nitriles is 1. The van der Waals surface area contributed by atoms with Gasteiger partial charge in [0, 0.05) is 23.5 Å². The zero-order valence-corrected chi connectivity index (χ0v) is 16.9. The smallest absolute Gasteiger partial charge is 0.101 e. The van der Waals surface area contributed by atoms with Crippen LogP contribution in [0.3, 0.4) is 0 Å². The summed E-state index contributed by atoms with van der Waals surface area (Å²) in [5.74, 6) is 0. The lowest BCUT2D eigenvalue weighted by Gasteiger charge is -2.23. The zero-order chi connectivity index (χ0) is 19.2. The molecule has 27 heavy (non-hydrogen) atoms. The molecule has 0 atom stereocenters. The van der Waals surface area contributed by atoms with Crippen molar-refractivity contribution in [3.63, 3.8) is 0 Å². The minimum atomic E-state index is 0.149. The molecule has 1 aromatic heterocycles. The van der Waals surface area contributed by atoms with Crippen molar-refractivity contribution in [1.82, 2.24) is 0 Å². The first-order valence-corrected chi connectivity index (χ1v) is 9.90. The first kappa shape index (κ1) is 17.6.